The molecule has 2 aromatic rings. The Hall–Kier alpha value is -2.21. The molecule has 2 unspecified atom stereocenters. The summed E-state index contributed by atoms with van der Waals surface area (Å²) in [5, 5.41) is 0. The van der Waals surface area contributed by atoms with Gasteiger partial charge >= 0.3 is 0 Å². The lowest BCUT2D eigenvalue weighted by Gasteiger charge is -2.37. The first-order chi connectivity index (χ1) is 12.3. The molecule has 0 radical (unpaired) electrons. The summed E-state index contributed by atoms with van der Waals surface area (Å²) in [6.07, 6.45) is 1.11. The molecule has 2 aromatic carbocycles. The number of likely N-dealkylation sites (tertiary alicyclic amines) is 1. The number of rotatable bonds is 3. The Balaban J connectivity index is 2.05. The van der Waals surface area contributed by atoms with Crippen molar-refractivity contribution in [2.24, 2.45) is 16.2 Å². The average molecular weight is 374 g/mol. The van der Waals surface area contributed by atoms with Gasteiger partial charge in [0, 0.05) is 18.7 Å². The fourth-order valence-electron chi connectivity index (χ4n) is 3.49. The highest BCUT2D eigenvalue weighted by Gasteiger charge is 2.27. The molecule has 0 aliphatic carbocycles. The van der Waals surface area contributed by atoms with Gasteiger partial charge in [0.1, 0.15) is 11.7 Å². The van der Waals surface area contributed by atoms with Crippen molar-refractivity contribution in [2.75, 3.05) is 13.1 Å². The molecule has 1 aliphatic rings. The van der Waals surface area contributed by atoms with Crippen LogP contribution < -0.4 is 0 Å². The third-order valence-electron chi connectivity index (χ3n) is 4.52. The number of sulfonamides is 1. The number of halogens is 1. The first-order valence-corrected chi connectivity index (χ1v) is 10.2. The highest BCUT2D eigenvalue weighted by Crippen LogP contribution is 2.24. The van der Waals surface area contributed by atoms with Crippen LogP contribution in [0.4, 0.5) is 4.39 Å². The van der Waals surface area contributed by atoms with Crippen molar-refractivity contribution in [3.05, 3.63) is 66.0 Å². The molecule has 1 fully saturated rings. The molecule has 4 nitrogen and oxygen atoms in total. The molecule has 1 saturated heterocycles. The van der Waals surface area contributed by atoms with Gasteiger partial charge in [0.2, 0.25) is 0 Å². The van der Waals surface area contributed by atoms with E-state index in [0.29, 0.717) is 17.7 Å². The molecule has 1 aliphatic heterocycles. The third-order valence-corrected chi connectivity index (χ3v) is 5.80. The summed E-state index contributed by atoms with van der Waals surface area (Å²) in [5.41, 5.74) is 0.763. The van der Waals surface area contributed by atoms with E-state index in [9.17, 15) is 12.8 Å². The predicted molar refractivity (Wildman–Crippen MR) is 101 cm³/mol. The topological polar surface area (TPSA) is 49.7 Å². The van der Waals surface area contributed by atoms with Gasteiger partial charge in [0.15, 0.2) is 0 Å². The molecule has 6 heteroatoms. The molecule has 2 atom stereocenters. The minimum absolute atomic E-state index is 0.00885. The predicted octanol–water partition coefficient (Wildman–Crippen LogP) is 3.94. The summed E-state index contributed by atoms with van der Waals surface area (Å²) in [6.45, 7) is 5.85. The lowest BCUT2D eigenvalue weighted by atomic mass is 9.91. The van der Waals surface area contributed by atoms with Gasteiger partial charge in [-0.05, 0) is 42.5 Å². The minimum Gasteiger partial charge on any atom is -0.355 e. The zero-order valence-corrected chi connectivity index (χ0v) is 15.8. The third kappa shape index (κ3) is 4.30. The first-order valence-electron chi connectivity index (χ1n) is 8.76. The van der Waals surface area contributed by atoms with Gasteiger partial charge in [-0.3, -0.25) is 0 Å². The second-order valence-electron chi connectivity index (χ2n) is 7.06. The van der Waals surface area contributed by atoms with Crippen LogP contribution in [-0.2, 0) is 10.0 Å². The molecule has 0 aromatic heterocycles. The van der Waals surface area contributed by atoms with Crippen molar-refractivity contribution in [1.29, 1.82) is 0 Å². The van der Waals surface area contributed by atoms with Crippen LogP contribution in [0.1, 0.15) is 25.8 Å². The van der Waals surface area contributed by atoms with Crippen molar-refractivity contribution >= 4 is 15.9 Å². The maximum atomic E-state index is 13.1. The van der Waals surface area contributed by atoms with E-state index in [1.807, 2.05) is 30.3 Å². The SMILES string of the molecule is CC1CC(C)CN(/C(=N/S(=O)(=O)c2ccc(F)cc2)c2ccccc2)C1. The number of nitrogens with zero attached hydrogens (tertiary/aromatic N) is 2. The van der Waals surface area contributed by atoms with E-state index in [-0.39, 0.29) is 4.90 Å². The molecule has 0 amide bonds. The van der Waals surface area contributed by atoms with Crippen LogP contribution in [0.15, 0.2) is 63.9 Å². The molecule has 0 spiro atoms. The van der Waals surface area contributed by atoms with Gasteiger partial charge in [-0.25, -0.2) is 4.39 Å². The molecule has 0 N–H and O–H groups in total. The van der Waals surface area contributed by atoms with E-state index in [2.05, 4.69) is 23.1 Å². The standard InChI is InChI=1S/C20H23FN2O2S/c1-15-12-16(2)14-23(13-15)20(17-6-4-3-5-7-17)22-26(24,25)19-10-8-18(21)9-11-19/h3-11,15-16H,12-14H2,1-2H3/b22-20+. The Bertz CT molecular complexity index is 870. The van der Waals surface area contributed by atoms with Gasteiger partial charge < -0.3 is 4.90 Å². The van der Waals surface area contributed by atoms with Crippen LogP contribution in [0.2, 0.25) is 0 Å². The van der Waals surface area contributed by atoms with Gasteiger partial charge in [0.25, 0.3) is 10.0 Å². The molecular formula is C20H23FN2O2S. The van der Waals surface area contributed by atoms with Gasteiger partial charge in [-0.1, -0.05) is 44.2 Å². The fraction of sp³-hybridized carbons (Fsp3) is 0.350. The molecule has 0 saturated carbocycles. The second kappa shape index (κ2) is 7.58. The van der Waals surface area contributed by atoms with Crippen LogP contribution in [-0.4, -0.2) is 32.2 Å². The highest BCUT2D eigenvalue weighted by molar-refractivity contribution is 7.90. The molecule has 3 rings (SSSR count). The minimum atomic E-state index is -3.93. The lowest BCUT2D eigenvalue weighted by molar-refractivity contribution is 0.214. The molecule has 26 heavy (non-hydrogen) atoms. The van der Waals surface area contributed by atoms with Crippen molar-refractivity contribution in [1.82, 2.24) is 4.90 Å². The molecular weight excluding hydrogens is 351 g/mol. The van der Waals surface area contributed by atoms with Crippen LogP contribution >= 0.6 is 0 Å². The van der Waals surface area contributed by atoms with Crippen molar-refractivity contribution in [3.63, 3.8) is 0 Å². The first kappa shape index (κ1) is 18.6. The second-order valence-corrected chi connectivity index (χ2v) is 8.67. The van der Waals surface area contributed by atoms with Crippen LogP contribution in [0.5, 0.6) is 0 Å². The van der Waals surface area contributed by atoms with Gasteiger partial charge in [-0.2, -0.15) is 8.42 Å². The quantitative estimate of drug-likeness (QED) is 0.604. The van der Waals surface area contributed by atoms with E-state index in [4.69, 9.17) is 0 Å². The van der Waals surface area contributed by atoms with Gasteiger partial charge in [-0.15, -0.1) is 4.40 Å². The summed E-state index contributed by atoms with van der Waals surface area (Å²) >= 11 is 0. The highest BCUT2D eigenvalue weighted by atomic mass is 32.2. The zero-order chi connectivity index (χ0) is 18.7. The van der Waals surface area contributed by atoms with E-state index < -0.39 is 15.8 Å². The normalized spacial score (nSPS) is 21.7. The monoisotopic (exact) mass is 374 g/mol. The van der Waals surface area contributed by atoms with Crippen LogP contribution in [0.25, 0.3) is 0 Å². The summed E-state index contributed by atoms with van der Waals surface area (Å²) in [5.74, 6) is 0.894. The Labute approximate surface area is 154 Å². The maximum Gasteiger partial charge on any atom is 0.284 e. The molecule has 0 bridgehead atoms. The summed E-state index contributed by atoms with van der Waals surface area (Å²) in [4.78, 5) is 2.04. The smallest absolute Gasteiger partial charge is 0.284 e. The number of amidine groups is 1. The summed E-state index contributed by atoms with van der Waals surface area (Å²) < 4.78 is 42.9. The van der Waals surface area contributed by atoms with E-state index in [0.717, 1.165) is 37.2 Å². The van der Waals surface area contributed by atoms with E-state index in [1.165, 1.54) is 12.1 Å². The van der Waals surface area contributed by atoms with Gasteiger partial charge in [0.05, 0.1) is 4.90 Å². The van der Waals surface area contributed by atoms with Crippen LogP contribution in [0, 0.1) is 17.7 Å². The number of benzene rings is 2. The maximum absolute atomic E-state index is 13.1. The largest absolute Gasteiger partial charge is 0.355 e. The Kier molecular flexibility index (Phi) is 5.41. The summed E-state index contributed by atoms with van der Waals surface area (Å²) in [6, 6.07) is 14.1. The van der Waals surface area contributed by atoms with Crippen LogP contribution in [0.3, 0.4) is 0 Å². The molecule has 1 heterocycles. The van der Waals surface area contributed by atoms with Crippen molar-refractivity contribution in [3.8, 4) is 0 Å². The number of piperidine rings is 1. The summed E-state index contributed by atoms with van der Waals surface area (Å²) in [7, 11) is -3.93. The fourth-order valence-corrected chi connectivity index (χ4v) is 4.52. The number of hydrogen-bond donors (Lipinski definition) is 0. The Morgan fingerprint density at radius 1 is 1.00 bits per heavy atom. The van der Waals surface area contributed by atoms with E-state index >= 15 is 0 Å². The molecule has 138 valence electrons. The van der Waals surface area contributed by atoms with Crippen molar-refractivity contribution in [2.45, 2.75) is 25.2 Å². The average Bonchev–Trinajstić information content (AvgIpc) is 2.60. The Morgan fingerprint density at radius 2 is 1.58 bits per heavy atom. The van der Waals surface area contributed by atoms with Crippen molar-refractivity contribution < 1.29 is 12.8 Å². The lowest BCUT2D eigenvalue weighted by Crippen LogP contribution is -2.43. The number of hydrogen-bond acceptors (Lipinski definition) is 2. The zero-order valence-electron chi connectivity index (χ0n) is 15.0. The van der Waals surface area contributed by atoms with E-state index in [1.54, 1.807) is 0 Å². The Morgan fingerprint density at radius 3 is 2.15 bits per heavy atom.